The van der Waals surface area contributed by atoms with Crippen LogP contribution in [0.5, 0.6) is 0 Å². The van der Waals surface area contributed by atoms with Crippen molar-refractivity contribution in [1.29, 1.82) is 0 Å². The quantitative estimate of drug-likeness (QED) is 0.793. The van der Waals surface area contributed by atoms with E-state index in [9.17, 15) is 0 Å². The molecule has 1 heterocycles. The van der Waals surface area contributed by atoms with Gasteiger partial charge in [-0.15, -0.1) is 0 Å². The minimum atomic E-state index is 0.839. The van der Waals surface area contributed by atoms with E-state index in [-0.39, 0.29) is 0 Å². The number of halogens is 1. The van der Waals surface area contributed by atoms with E-state index in [4.69, 9.17) is 0 Å². The van der Waals surface area contributed by atoms with Crippen LogP contribution < -0.4 is 10.2 Å². The van der Waals surface area contributed by atoms with E-state index in [1.807, 2.05) is 13.2 Å². The summed E-state index contributed by atoms with van der Waals surface area (Å²) in [4.78, 5) is 9.16. The number of nitrogens with zero attached hydrogens (tertiary/aromatic N) is 3. The van der Waals surface area contributed by atoms with Crippen molar-refractivity contribution in [3.8, 4) is 0 Å². The summed E-state index contributed by atoms with van der Waals surface area (Å²) in [5, 5.41) is 3.21. The molecule has 0 saturated heterocycles. The maximum Gasteiger partial charge on any atom is 0.133 e. The average molecular weight is 329 g/mol. The predicted molar refractivity (Wildman–Crippen MR) is 85.8 cm³/mol. The van der Waals surface area contributed by atoms with E-state index in [1.165, 1.54) is 5.56 Å². The van der Waals surface area contributed by atoms with Crippen LogP contribution in [0.15, 0.2) is 16.7 Å². The molecule has 1 aromatic rings. The van der Waals surface area contributed by atoms with E-state index >= 15 is 0 Å². The second kappa shape index (κ2) is 8.51. The molecule has 0 aromatic carbocycles. The Balaban J connectivity index is 2.78. The molecule has 0 fully saturated rings. The van der Waals surface area contributed by atoms with Gasteiger partial charge in [-0.05, 0) is 63.0 Å². The zero-order valence-electron chi connectivity index (χ0n) is 12.4. The maximum atomic E-state index is 4.59. The van der Waals surface area contributed by atoms with Crippen LogP contribution in [0.25, 0.3) is 0 Å². The number of hydrogen-bond donors (Lipinski definition) is 1. The summed E-state index contributed by atoms with van der Waals surface area (Å²) in [6.45, 7) is 6.15. The highest BCUT2D eigenvalue weighted by atomic mass is 79.9. The zero-order valence-corrected chi connectivity index (χ0v) is 14.0. The first-order chi connectivity index (χ1) is 9.08. The van der Waals surface area contributed by atoms with E-state index in [2.05, 4.69) is 63.1 Å². The number of hydrogen-bond acceptors (Lipinski definition) is 4. The lowest BCUT2D eigenvalue weighted by molar-refractivity contribution is 0.400. The van der Waals surface area contributed by atoms with Crippen LogP contribution in [0, 0.1) is 0 Å². The summed E-state index contributed by atoms with van der Waals surface area (Å²) in [5.74, 6) is 1.10. The minimum absolute atomic E-state index is 0.839. The van der Waals surface area contributed by atoms with Gasteiger partial charge in [0.2, 0.25) is 0 Å². The third-order valence-electron chi connectivity index (χ3n) is 2.99. The van der Waals surface area contributed by atoms with Crippen molar-refractivity contribution in [2.24, 2.45) is 0 Å². The monoisotopic (exact) mass is 328 g/mol. The Bertz CT molecular complexity index is 382. The Labute approximate surface area is 125 Å². The third kappa shape index (κ3) is 5.47. The molecule has 0 aliphatic rings. The van der Waals surface area contributed by atoms with Crippen LogP contribution in [-0.4, -0.2) is 50.7 Å². The third-order valence-corrected chi connectivity index (χ3v) is 3.43. The first-order valence-corrected chi connectivity index (χ1v) is 7.56. The highest BCUT2D eigenvalue weighted by molar-refractivity contribution is 9.10. The first kappa shape index (κ1) is 16.4. The van der Waals surface area contributed by atoms with Gasteiger partial charge in [-0.2, -0.15) is 0 Å². The van der Waals surface area contributed by atoms with Crippen LogP contribution >= 0.6 is 15.9 Å². The van der Waals surface area contributed by atoms with Crippen LogP contribution in [-0.2, 0) is 6.54 Å². The summed E-state index contributed by atoms with van der Waals surface area (Å²) >= 11 is 3.49. The fourth-order valence-corrected chi connectivity index (χ4v) is 2.45. The largest absolute Gasteiger partial charge is 0.357 e. The normalized spacial score (nSPS) is 11.1. The molecular weight excluding hydrogens is 304 g/mol. The molecule has 0 atom stereocenters. The molecule has 0 spiro atoms. The Morgan fingerprint density at radius 3 is 2.63 bits per heavy atom. The summed E-state index contributed by atoms with van der Waals surface area (Å²) in [6.07, 6.45) is 3.03. The smallest absolute Gasteiger partial charge is 0.133 e. The van der Waals surface area contributed by atoms with Crippen molar-refractivity contribution in [2.45, 2.75) is 19.9 Å². The Morgan fingerprint density at radius 2 is 2.05 bits per heavy atom. The van der Waals surface area contributed by atoms with Crippen molar-refractivity contribution in [3.63, 3.8) is 0 Å². The number of rotatable bonds is 8. The molecule has 0 aliphatic heterocycles. The van der Waals surface area contributed by atoms with Gasteiger partial charge in [0.25, 0.3) is 0 Å². The van der Waals surface area contributed by atoms with Gasteiger partial charge in [0.1, 0.15) is 5.82 Å². The van der Waals surface area contributed by atoms with E-state index in [0.717, 1.165) is 42.9 Å². The van der Waals surface area contributed by atoms with E-state index < -0.39 is 0 Å². The van der Waals surface area contributed by atoms with Crippen molar-refractivity contribution < 1.29 is 0 Å². The summed E-state index contributed by atoms with van der Waals surface area (Å²) in [5.41, 5.74) is 1.24. The van der Waals surface area contributed by atoms with Gasteiger partial charge >= 0.3 is 0 Å². The molecule has 0 unspecified atom stereocenters. The minimum Gasteiger partial charge on any atom is -0.357 e. The van der Waals surface area contributed by atoms with Crippen molar-refractivity contribution >= 4 is 21.7 Å². The molecule has 108 valence electrons. The highest BCUT2D eigenvalue weighted by Crippen LogP contribution is 2.21. The first-order valence-electron chi connectivity index (χ1n) is 6.77. The summed E-state index contributed by atoms with van der Waals surface area (Å²) < 4.78 is 1.03. The van der Waals surface area contributed by atoms with Gasteiger partial charge in [0.15, 0.2) is 0 Å². The van der Waals surface area contributed by atoms with E-state index in [1.54, 1.807) is 0 Å². The molecule has 0 bridgehead atoms. The molecule has 19 heavy (non-hydrogen) atoms. The van der Waals surface area contributed by atoms with E-state index in [0.29, 0.717) is 0 Å². The highest BCUT2D eigenvalue weighted by Gasteiger charge is 2.11. The van der Waals surface area contributed by atoms with Gasteiger partial charge in [-0.1, -0.05) is 0 Å². The summed E-state index contributed by atoms with van der Waals surface area (Å²) in [7, 11) is 6.19. The molecule has 0 amide bonds. The number of aromatic nitrogens is 1. The van der Waals surface area contributed by atoms with Crippen LogP contribution in [0.1, 0.15) is 18.9 Å². The van der Waals surface area contributed by atoms with Gasteiger partial charge < -0.3 is 15.1 Å². The Hall–Kier alpha value is -0.650. The molecular formula is C14H25BrN4. The summed E-state index contributed by atoms with van der Waals surface area (Å²) in [6, 6.07) is 2.15. The standard InChI is InChI=1S/C14H25BrN4/c1-5-19(8-6-7-18(3)4)14-12(10-16-2)9-13(15)11-17-14/h9,11,16H,5-8,10H2,1-4H3. The molecule has 4 nitrogen and oxygen atoms in total. The number of pyridine rings is 1. The lowest BCUT2D eigenvalue weighted by Gasteiger charge is -2.25. The number of nitrogens with one attached hydrogen (secondary N) is 1. The van der Waals surface area contributed by atoms with Gasteiger partial charge in [-0.25, -0.2) is 4.98 Å². The average Bonchev–Trinajstić information content (AvgIpc) is 2.36. The predicted octanol–water partition coefficient (Wildman–Crippen LogP) is 2.34. The second-order valence-corrected chi connectivity index (χ2v) is 5.82. The fraction of sp³-hybridized carbons (Fsp3) is 0.643. The fourth-order valence-electron chi connectivity index (χ4n) is 2.07. The molecule has 1 N–H and O–H groups in total. The molecule has 0 saturated carbocycles. The lowest BCUT2D eigenvalue weighted by atomic mass is 10.2. The van der Waals surface area contributed by atoms with Crippen LogP contribution in [0.4, 0.5) is 5.82 Å². The SMILES string of the molecule is CCN(CCCN(C)C)c1ncc(Br)cc1CNC. The molecule has 0 radical (unpaired) electrons. The topological polar surface area (TPSA) is 31.4 Å². The van der Waals surface area contributed by atoms with Crippen LogP contribution in [0.2, 0.25) is 0 Å². The van der Waals surface area contributed by atoms with Crippen LogP contribution in [0.3, 0.4) is 0 Å². The lowest BCUT2D eigenvalue weighted by Crippen LogP contribution is -2.29. The van der Waals surface area contributed by atoms with Gasteiger partial charge in [-0.3, -0.25) is 0 Å². The van der Waals surface area contributed by atoms with Gasteiger partial charge in [0.05, 0.1) is 0 Å². The van der Waals surface area contributed by atoms with Crippen molar-refractivity contribution in [3.05, 3.63) is 22.3 Å². The van der Waals surface area contributed by atoms with Crippen molar-refractivity contribution in [1.82, 2.24) is 15.2 Å². The molecule has 0 aliphatic carbocycles. The van der Waals surface area contributed by atoms with Gasteiger partial charge in [0, 0.05) is 35.9 Å². The molecule has 1 aromatic heterocycles. The molecule has 1 rings (SSSR count). The molecule has 5 heteroatoms. The Kier molecular flexibility index (Phi) is 7.34. The second-order valence-electron chi connectivity index (χ2n) is 4.90. The van der Waals surface area contributed by atoms with Crippen molar-refractivity contribution in [2.75, 3.05) is 45.7 Å². The Morgan fingerprint density at radius 1 is 1.32 bits per heavy atom. The number of anilines is 1. The zero-order chi connectivity index (χ0) is 14.3. The maximum absolute atomic E-state index is 4.59.